The van der Waals surface area contributed by atoms with Crippen molar-refractivity contribution in [1.29, 1.82) is 0 Å². The number of carbonyl (C=O) groups excluding carboxylic acids is 1. The third-order valence-electron chi connectivity index (χ3n) is 3.93. The quantitative estimate of drug-likeness (QED) is 0.501. The Balaban J connectivity index is 0.00000529. The van der Waals surface area contributed by atoms with Crippen LogP contribution in [-0.4, -0.2) is 24.4 Å². The molecule has 128 valence electrons. The molecule has 1 rings (SSSR count). The molecular weight excluding hydrogens is 337 g/mol. The van der Waals surface area contributed by atoms with Gasteiger partial charge in [0.25, 0.3) is 11.8 Å². The van der Waals surface area contributed by atoms with Crippen LogP contribution in [0.15, 0.2) is 43.0 Å². The van der Waals surface area contributed by atoms with Crippen molar-refractivity contribution in [3.63, 3.8) is 0 Å². The zero-order valence-corrected chi connectivity index (χ0v) is 17.6. The van der Waals surface area contributed by atoms with Gasteiger partial charge in [-0.2, -0.15) is 6.54 Å². The Bertz CT molecular complexity index is 497. The summed E-state index contributed by atoms with van der Waals surface area (Å²) in [6, 6.07) is 7.91. The van der Waals surface area contributed by atoms with Crippen LogP contribution >= 0.6 is 0 Å². The van der Waals surface area contributed by atoms with E-state index >= 15 is 0 Å². The Labute approximate surface area is 185 Å². The Morgan fingerprint density at radius 1 is 1.38 bits per heavy atom. The minimum Gasteiger partial charge on any atom is -0.677 e. The molecule has 6 heteroatoms. The second-order valence-electron chi connectivity index (χ2n) is 5.61. The van der Waals surface area contributed by atoms with Crippen molar-refractivity contribution < 1.29 is 65.0 Å². The maximum absolute atomic E-state index is 14.3. The largest absolute Gasteiger partial charge is 1.00 e. The van der Waals surface area contributed by atoms with Gasteiger partial charge in [0, 0.05) is 23.9 Å². The first-order chi connectivity index (χ1) is 11.0. The molecule has 0 aliphatic heterocycles. The number of amides is 1. The molecule has 1 aromatic carbocycles. The van der Waals surface area contributed by atoms with Crippen LogP contribution in [0.3, 0.4) is 0 Å². The fourth-order valence-electron chi connectivity index (χ4n) is 2.76. The predicted octanol–water partition coefficient (Wildman–Crippen LogP) is 1.86. The summed E-state index contributed by atoms with van der Waals surface area (Å²) >= 11 is 0. The summed E-state index contributed by atoms with van der Waals surface area (Å²) in [7, 11) is 0. The molecule has 2 atom stereocenters. The molecule has 2 N–H and O–H groups in total. The molecule has 0 saturated carbocycles. The molecule has 0 aliphatic carbocycles. The molecule has 1 aromatic rings. The van der Waals surface area contributed by atoms with Crippen LogP contribution in [0, 0.1) is 5.92 Å². The third-order valence-corrected chi connectivity index (χ3v) is 3.93. The number of benzene rings is 1. The van der Waals surface area contributed by atoms with Gasteiger partial charge in [-0.3, -0.25) is 4.79 Å². The molecule has 2 unspecified atom stereocenters. The Kier molecular flexibility index (Phi) is 12.2. The number of rotatable bonds is 10. The summed E-state index contributed by atoms with van der Waals surface area (Å²) in [4.78, 5) is 12.3. The van der Waals surface area contributed by atoms with E-state index in [0.29, 0.717) is 18.4 Å². The summed E-state index contributed by atoms with van der Waals surface area (Å²) in [6.07, 6.45) is 1.89. The maximum Gasteiger partial charge on any atom is 1.00 e. The van der Waals surface area contributed by atoms with Crippen molar-refractivity contribution in [3.8, 4) is 0 Å². The minimum atomic E-state index is -2.92. The molecular formula is C18H25F2KN2O. The molecule has 0 aliphatic rings. The molecule has 0 heterocycles. The smallest absolute Gasteiger partial charge is 0.677 e. The molecule has 0 spiro atoms. The van der Waals surface area contributed by atoms with E-state index in [-0.39, 0.29) is 70.3 Å². The monoisotopic (exact) mass is 362 g/mol. The summed E-state index contributed by atoms with van der Waals surface area (Å²) in [5.41, 5.74) is 7.71. The minimum absolute atomic E-state index is 0. The summed E-state index contributed by atoms with van der Waals surface area (Å²) < 4.78 is 28.7. The summed E-state index contributed by atoms with van der Waals surface area (Å²) in [6.45, 7) is 5.25. The van der Waals surface area contributed by atoms with Crippen LogP contribution < -0.4 is 56.7 Å². The molecule has 0 saturated heterocycles. The second kappa shape index (κ2) is 12.3. The van der Waals surface area contributed by atoms with Crippen LogP contribution in [0.5, 0.6) is 0 Å². The zero-order valence-electron chi connectivity index (χ0n) is 14.5. The average Bonchev–Trinajstić information content (AvgIpc) is 2.53. The van der Waals surface area contributed by atoms with E-state index in [1.165, 1.54) is 6.08 Å². The number of hydrogen-bond acceptors (Lipinski definition) is 1. The van der Waals surface area contributed by atoms with Gasteiger partial charge in [0.05, 0.1) is 0 Å². The van der Waals surface area contributed by atoms with Crippen molar-refractivity contribution in [2.45, 2.75) is 44.6 Å². The molecule has 24 heavy (non-hydrogen) atoms. The van der Waals surface area contributed by atoms with Crippen molar-refractivity contribution in [2.24, 2.45) is 5.92 Å². The third kappa shape index (κ3) is 7.41. The molecule has 0 radical (unpaired) electrons. The van der Waals surface area contributed by atoms with Gasteiger partial charge < -0.3 is 11.1 Å². The van der Waals surface area contributed by atoms with Crippen molar-refractivity contribution >= 4 is 5.91 Å². The molecule has 1 amide bonds. The number of alkyl halides is 2. The number of halogens is 2. The maximum atomic E-state index is 14.3. The van der Waals surface area contributed by atoms with Crippen molar-refractivity contribution in [3.05, 3.63) is 54.3 Å². The van der Waals surface area contributed by atoms with E-state index in [1.54, 1.807) is 37.3 Å². The first-order valence-electron chi connectivity index (χ1n) is 7.95. The van der Waals surface area contributed by atoms with E-state index < -0.39 is 24.3 Å². The van der Waals surface area contributed by atoms with Gasteiger partial charge in [0.15, 0.2) is 0 Å². The number of nitrogens with one attached hydrogen (secondary N) is 2. The van der Waals surface area contributed by atoms with Crippen LogP contribution in [0.25, 0.3) is 5.73 Å². The van der Waals surface area contributed by atoms with Gasteiger partial charge in [0.2, 0.25) is 0 Å². The SMILES string of the molecule is C=CCC(F)(F)C(CC)C(CCC[NH-])NC(=O)c1ccccc1.[K+]. The van der Waals surface area contributed by atoms with Crippen molar-refractivity contribution in [1.82, 2.24) is 5.32 Å². The van der Waals surface area contributed by atoms with Gasteiger partial charge in [-0.1, -0.05) is 37.6 Å². The van der Waals surface area contributed by atoms with Gasteiger partial charge in [0.1, 0.15) is 0 Å². The fourth-order valence-corrected chi connectivity index (χ4v) is 2.76. The first-order valence-corrected chi connectivity index (χ1v) is 7.95. The Morgan fingerprint density at radius 3 is 2.50 bits per heavy atom. The average molecular weight is 363 g/mol. The topological polar surface area (TPSA) is 52.9 Å². The van der Waals surface area contributed by atoms with Gasteiger partial charge >= 0.3 is 51.4 Å². The number of carbonyl (C=O) groups is 1. The zero-order chi connectivity index (χ0) is 17.3. The van der Waals surface area contributed by atoms with Crippen LogP contribution in [0.4, 0.5) is 8.78 Å². The van der Waals surface area contributed by atoms with Crippen LogP contribution in [-0.2, 0) is 0 Å². The summed E-state index contributed by atoms with van der Waals surface area (Å²) in [5, 5.41) is 2.75. The fraction of sp³-hybridized carbons (Fsp3) is 0.500. The molecule has 0 fully saturated rings. The van der Waals surface area contributed by atoms with E-state index in [2.05, 4.69) is 11.9 Å². The second-order valence-corrected chi connectivity index (χ2v) is 5.61. The van der Waals surface area contributed by atoms with E-state index in [0.717, 1.165) is 0 Å². The standard InChI is InChI=1S/C18H25F2N2O.K/c1-3-12-18(19,20)15(4-2)16(11-8-13-21)22-17(23)14-9-6-5-7-10-14;/h3,5-7,9-10,15-16,21H,1,4,8,11-13H2,2H3,(H,22,23);/q-1;+1. The van der Waals surface area contributed by atoms with E-state index in [9.17, 15) is 13.6 Å². The van der Waals surface area contributed by atoms with Crippen molar-refractivity contribution in [2.75, 3.05) is 6.54 Å². The molecule has 0 bridgehead atoms. The van der Waals surface area contributed by atoms with Gasteiger partial charge in [-0.05, 0) is 25.0 Å². The van der Waals surface area contributed by atoms with Gasteiger partial charge in [-0.15, -0.1) is 6.58 Å². The van der Waals surface area contributed by atoms with Crippen LogP contribution in [0.2, 0.25) is 0 Å². The van der Waals surface area contributed by atoms with Crippen LogP contribution in [0.1, 0.15) is 43.0 Å². The Hall–Kier alpha value is -0.114. The number of hydrogen-bond donors (Lipinski definition) is 1. The number of allylic oxidation sites excluding steroid dienone is 1. The van der Waals surface area contributed by atoms with Gasteiger partial charge in [-0.25, -0.2) is 8.78 Å². The first kappa shape index (κ1) is 23.9. The normalized spacial score (nSPS) is 13.5. The molecule has 3 nitrogen and oxygen atoms in total. The van der Waals surface area contributed by atoms with E-state index in [4.69, 9.17) is 5.73 Å². The van der Waals surface area contributed by atoms with E-state index in [1.807, 2.05) is 0 Å². The summed E-state index contributed by atoms with van der Waals surface area (Å²) in [5.74, 6) is -4.25. The predicted molar refractivity (Wildman–Crippen MR) is 89.7 cm³/mol. The molecule has 0 aromatic heterocycles. The Morgan fingerprint density at radius 2 is 2.00 bits per heavy atom.